The fourth-order valence-electron chi connectivity index (χ4n) is 2.76. The van der Waals surface area contributed by atoms with Gasteiger partial charge in [-0.15, -0.1) is 0 Å². The van der Waals surface area contributed by atoms with Gasteiger partial charge in [-0.05, 0) is 24.8 Å². The van der Waals surface area contributed by atoms with Crippen molar-refractivity contribution in [1.29, 1.82) is 0 Å². The van der Waals surface area contributed by atoms with Gasteiger partial charge in [0, 0.05) is 19.3 Å². The quantitative estimate of drug-likeness (QED) is 0.865. The van der Waals surface area contributed by atoms with E-state index >= 15 is 0 Å². The van der Waals surface area contributed by atoms with E-state index in [0.717, 1.165) is 0 Å². The topological polar surface area (TPSA) is 88.4 Å². The molecule has 1 saturated carbocycles. The number of nitrogens with one attached hydrogen (secondary N) is 1. The van der Waals surface area contributed by atoms with Crippen molar-refractivity contribution in [3.8, 4) is 0 Å². The molecule has 2 N–H and O–H groups in total. The largest absolute Gasteiger partial charge is 0.481 e. The smallest absolute Gasteiger partial charge is 0.307 e. The van der Waals surface area contributed by atoms with E-state index < -0.39 is 17.8 Å². The van der Waals surface area contributed by atoms with Crippen molar-refractivity contribution in [1.82, 2.24) is 4.57 Å². The first-order chi connectivity index (χ1) is 9.38. The second-order valence-electron chi connectivity index (χ2n) is 5.48. The zero-order valence-electron chi connectivity index (χ0n) is 11.5. The fourth-order valence-corrected chi connectivity index (χ4v) is 2.76. The van der Waals surface area contributed by atoms with Crippen LogP contribution in [0, 0.1) is 17.8 Å². The Balaban J connectivity index is 2.13. The lowest BCUT2D eigenvalue weighted by atomic mass is 9.95. The van der Waals surface area contributed by atoms with Gasteiger partial charge in [0.05, 0.1) is 17.5 Å². The lowest BCUT2D eigenvalue weighted by Gasteiger charge is -2.15. The zero-order chi connectivity index (χ0) is 14.9. The van der Waals surface area contributed by atoms with E-state index in [-0.39, 0.29) is 17.4 Å². The van der Waals surface area contributed by atoms with E-state index in [1.165, 1.54) is 22.9 Å². The summed E-state index contributed by atoms with van der Waals surface area (Å²) in [7, 11) is 1.59. The molecule has 3 atom stereocenters. The molecule has 0 saturated heterocycles. The molecule has 1 aromatic rings. The molecular weight excluding hydrogens is 260 g/mol. The number of carbonyl (C=O) groups is 2. The highest BCUT2D eigenvalue weighted by Crippen LogP contribution is 2.37. The molecule has 3 unspecified atom stereocenters. The average Bonchev–Trinajstić information content (AvgIpc) is 2.76. The van der Waals surface area contributed by atoms with E-state index in [9.17, 15) is 19.5 Å². The van der Waals surface area contributed by atoms with Crippen LogP contribution < -0.4 is 10.9 Å². The summed E-state index contributed by atoms with van der Waals surface area (Å²) >= 11 is 0. The van der Waals surface area contributed by atoms with Gasteiger partial charge >= 0.3 is 5.97 Å². The molecule has 1 fully saturated rings. The first kappa shape index (κ1) is 14.3. The Hall–Kier alpha value is -2.11. The van der Waals surface area contributed by atoms with Crippen molar-refractivity contribution in [2.24, 2.45) is 24.8 Å². The maximum absolute atomic E-state index is 12.2. The Bertz CT molecular complexity index is 593. The highest BCUT2D eigenvalue weighted by molar-refractivity contribution is 5.95. The monoisotopic (exact) mass is 278 g/mol. The molecule has 108 valence electrons. The highest BCUT2D eigenvalue weighted by atomic mass is 16.4. The maximum Gasteiger partial charge on any atom is 0.307 e. The van der Waals surface area contributed by atoms with Gasteiger partial charge in [0.15, 0.2) is 0 Å². The Morgan fingerprint density at radius 3 is 2.55 bits per heavy atom. The number of amides is 1. The number of carbonyl (C=O) groups excluding carboxylic acids is 1. The lowest BCUT2D eigenvalue weighted by molar-refractivity contribution is -0.145. The molecule has 0 aromatic carbocycles. The summed E-state index contributed by atoms with van der Waals surface area (Å²) in [5.74, 6) is -2.13. The molecule has 1 aliphatic rings. The van der Waals surface area contributed by atoms with Crippen LogP contribution in [0.1, 0.15) is 19.8 Å². The molecule has 20 heavy (non-hydrogen) atoms. The van der Waals surface area contributed by atoms with Crippen LogP contribution in [0.3, 0.4) is 0 Å². The molecule has 0 aliphatic heterocycles. The summed E-state index contributed by atoms with van der Waals surface area (Å²) in [6.07, 6.45) is 2.63. The summed E-state index contributed by atoms with van der Waals surface area (Å²) in [5.41, 5.74) is 0.335. The van der Waals surface area contributed by atoms with Crippen LogP contribution in [-0.2, 0) is 16.6 Å². The molecule has 1 amide bonds. The van der Waals surface area contributed by atoms with Gasteiger partial charge in [0.1, 0.15) is 0 Å². The summed E-state index contributed by atoms with van der Waals surface area (Å²) in [4.78, 5) is 34.7. The van der Waals surface area contributed by atoms with Crippen molar-refractivity contribution < 1.29 is 14.7 Å². The number of aromatic nitrogens is 1. The van der Waals surface area contributed by atoms with Gasteiger partial charge in [-0.3, -0.25) is 14.4 Å². The minimum Gasteiger partial charge on any atom is -0.481 e. The van der Waals surface area contributed by atoms with Gasteiger partial charge < -0.3 is 15.0 Å². The molecule has 2 rings (SSSR count). The molecule has 6 nitrogen and oxygen atoms in total. The van der Waals surface area contributed by atoms with E-state index in [0.29, 0.717) is 18.5 Å². The Kier molecular flexibility index (Phi) is 3.92. The standard InChI is InChI=1S/C14H18N2O4/c1-8-5-10(11(6-8)14(19)20)13(18)15-9-3-4-12(17)16(2)7-9/h3-4,7-8,10-11H,5-6H2,1-2H3,(H,15,18)(H,19,20). The lowest BCUT2D eigenvalue weighted by Crippen LogP contribution is -2.30. The molecule has 1 aliphatic carbocycles. The number of anilines is 1. The summed E-state index contributed by atoms with van der Waals surface area (Å²) in [5, 5.41) is 11.9. The molecule has 1 aromatic heterocycles. The van der Waals surface area contributed by atoms with Gasteiger partial charge in [0.2, 0.25) is 11.5 Å². The number of pyridine rings is 1. The molecule has 1 heterocycles. The number of rotatable bonds is 3. The van der Waals surface area contributed by atoms with Crippen LogP contribution in [0.2, 0.25) is 0 Å². The van der Waals surface area contributed by atoms with E-state index in [1.807, 2.05) is 6.92 Å². The predicted octanol–water partition coefficient (Wildman–Crippen LogP) is 1.07. The molecule has 6 heteroatoms. The number of hydrogen-bond donors (Lipinski definition) is 2. The third-order valence-corrected chi connectivity index (χ3v) is 3.81. The highest BCUT2D eigenvalue weighted by Gasteiger charge is 2.41. The van der Waals surface area contributed by atoms with Gasteiger partial charge in [-0.25, -0.2) is 0 Å². The SMILES string of the molecule is CC1CC(C(=O)O)C(C(=O)Nc2ccc(=O)n(C)c2)C1. The number of hydrogen-bond acceptors (Lipinski definition) is 3. The molecule has 0 bridgehead atoms. The van der Waals surface area contributed by atoms with E-state index in [1.54, 1.807) is 7.05 Å². The van der Waals surface area contributed by atoms with Crippen LogP contribution in [0.5, 0.6) is 0 Å². The van der Waals surface area contributed by atoms with Crippen molar-refractivity contribution in [2.45, 2.75) is 19.8 Å². The minimum absolute atomic E-state index is 0.166. The number of aryl methyl sites for hydroxylation is 1. The van der Waals surface area contributed by atoms with Gasteiger partial charge in [-0.1, -0.05) is 6.92 Å². The minimum atomic E-state index is -0.921. The van der Waals surface area contributed by atoms with Crippen molar-refractivity contribution in [3.63, 3.8) is 0 Å². The predicted molar refractivity (Wildman–Crippen MR) is 73.3 cm³/mol. The zero-order valence-corrected chi connectivity index (χ0v) is 11.5. The fraction of sp³-hybridized carbons (Fsp3) is 0.500. The third-order valence-electron chi connectivity index (χ3n) is 3.81. The van der Waals surface area contributed by atoms with E-state index in [4.69, 9.17) is 0 Å². The first-order valence-corrected chi connectivity index (χ1v) is 6.59. The number of nitrogens with zero attached hydrogens (tertiary/aromatic N) is 1. The maximum atomic E-state index is 12.2. The molecular formula is C14H18N2O4. The van der Waals surface area contributed by atoms with Gasteiger partial charge in [0.25, 0.3) is 0 Å². The average molecular weight is 278 g/mol. The van der Waals surface area contributed by atoms with Crippen LogP contribution in [0.4, 0.5) is 5.69 Å². The second-order valence-corrected chi connectivity index (χ2v) is 5.48. The van der Waals surface area contributed by atoms with E-state index in [2.05, 4.69) is 5.32 Å². The molecule has 0 radical (unpaired) electrons. The first-order valence-electron chi connectivity index (χ1n) is 6.59. The second kappa shape index (κ2) is 5.48. The summed E-state index contributed by atoms with van der Waals surface area (Å²) < 4.78 is 1.36. The van der Waals surface area contributed by atoms with Crippen LogP contribution in [0.15, 0.2) is 23.1 Å². The van der Waals surface area contributed by atoms with Crippen molar-refractivity contribution >= 4 is 17.6 Å². The normalized spacial score (nSPS) is 25.4. The summed E-state index contributed by atoms with van der Waals surface area (Å²) in [6.45, 7) is 1.95. The van der Waals surface area contributed by atoms with Crippen molar-refractivity contribution in [3.05, 3.63) is 28.7 Å². The number of aliphatic carboxylic acids is 1. The Morgan fingerprint density at radius 1 is 1.30 bits per heavy atom. The molecule has 0 spiro atoms. The van der Waals surface area contributed by atoms with Crippen LogP contribution in [0.25, 0.3) is 0 Å². The van der Waals surface area contributed by atoms with Gasteiger partial charge in [-0.2, -0.15) is 0 Å². The van der Waals surface area contributed by atoms with Crippen molar-refractivity contribution in [2.75, 3.05) is 5.32 Å². The Labute approximate surface area is 116 Å². The Morgan fingerprint density at radius 2 is 1.95 bits per heavy atom. The third kappa shape index (κ3) is 2.89. The summed E-state index contributed by atoms with van der Waals surface area (Å²) in [6, 6.07) is 2.88. The number of carboxylic acid groups (broad SMARTS) is 1. The number of carboxylic acids is 1. The van der Waals surface area contributed by atoms with Crippen LogP contribution in [-0.4, -0.2) is 21.6 Å². The van der Waals surface area contributed by atoms with Crippen LogP contribution >= 0.6 is 0 Å².